The monoisotopic (exact) mass is 265 g/mol. The molecule has 0 radical (unpaired) electrons. The summed E-state index contributed by atoms with van der Waals surface area (Å²) in [6, 6.07) is 5.71. The van der Waals surface area contributed by atoms with Gasteiger partial charge in [-0.2, -0.15) is 0 Å². The Morgan fingerprint density at radius 2 is 1.95 bits per heavy atom. The van der Waals surface area contributed by atoms with E-state index < -0.39 is 23.9 Å². The molecule has 3 atom stereocenters. The summed E-state index contributed by atoms with van der Waals surface area (Å²) < 4.78 is 0. The lowest BCUT2D eigenvalue weighted by atomic mass is 9.82. The molecule has 1 aliphatic rings. The molecule has 2 rings (SSSR count). The van der Waals surface area contributed by atoms with E-state index in [-0.39, 0.29) is 18.1 Å². The number of carbonyl (C=O) groups is 2. The zero-order valence-corrected chi connectivity index (χ0v) is 10.1. The number of aliphatic carboxylic acids is 2. The van der Waals surface area contributed by atoms with Crippen molar-refractivity contribution < 1.29 is 24.9 Å². The van der Waals surface area contributed by atoms with Crippen molar-refractivity contribution in [2.45, 2.75) is 18.4 Å². The van der Waals surface area contributed by atoms with Gasteiger partial charge in [-0.15, -0.1) is 0 Å². The van der Waals surface area contributed by atoms with Gasteiger partial charge in [-0.25, -0.2) is 0 Å². The summed E-state index contributed by atoms with van der Waals surface area (Å²) in [6.45, 7) is 0.340. The van der Waals surface area contributed by atoms with E-state index in [4.69, 9.17) is 10.2 Å². The van der Waals surface area contributed by atoms with Gasteiger partial charge in [0.05, 0.1) is 6.42 Å². The number of para-hydroxylation sites is 1. The first-order valence-corrected chi connectivity index (χ1v) is 5.96. The summed E-state index contributed by atoms with van der Waals surface area (Å²) in [5.74, 6) is -2.94. The zero-order valence-electron chi connectivity index (χ0n) is 10.1. The molecule has 1 fully saturated rings. The largest absolute Gasteiger partial charge is 0.508 e. The highest BCUT2D eigenvalue weighted by atomic mass is 16.4. The summed E-state index contributed by atoms with van der Waals surface area (Å²) >= 11 is 0. The number of hydrogen-bond acceptors (Lipinski definition) is 4. The van der Waals surface area contributed by atoms with Crippen LogP contribution in [0.4, 0.5) is 0 Å². The molecule has 0 spiro atoms. The van der Waals surface area contributed by atoms with Crippen molar-refractivity contribution in [2.75, 3.05) is 6.54 Å². The van der Waals surface area contributed by atoms with E-state index in [1.165, 1.54) is 6.07 Å². The fourth-order valence-electron chi connectivity index (χ4n) is 2.66. The second kappa shape index (κ2) is 5.27. The molecule has 4 N–H and O–H groups in total. The molecule has 1 aromatic carbocycles. The van der Waals surface area contributed by atoms with Crippen LogP contribution in [0.2, 0.25) is 0 Å². The van der Waals surface area contributed by atoms with E-state index in [2.05, 4.69) is 5.32 Å². The van der Waals surface area contributed by atoms with Gasteiger partial charge in [-0.1, -0.05) is 18.2 Å². The average molecular weight is 265 g/mol. The van der Waals surface area contributed by atoms with Crippen LogP contribution >= 0.6 is 0 Å². The van der Waals surface area contributed by atoms with Crippen molar-refractivity contribution >= 4 is 11.9 Å². The molecule has 1 saturated heterocycles. The van der Waals surface area contributed by atoms with Gasteiger partial charge in [0.25, 0.3) is 0 Å². The smallest absolute Gasteiger partial charge is 0.321 e. The van der Waals surface area contributed by atoms with Crippen molar-refractivity contribution in [3.05, 3.63) is 29.8 Å². The molecule has 6 nitrogen and oxygen atoms in total. The normalized spacial score (nSPS) is 26.2. The summed E-state index contributed by atoms with van der Waals surface area (Å²) in [5, 5.41) is 30.7. The Morgan fingerprint density at radius 3 is 2.53 bits per heavy atom. The quantitative estimate of drug-likeness (QED) is 0.636. The van der Waals surface area contributed by atoms with Gasteiger partial charge >= 0.3 is 11.9 Å². The van der Waals surface area contributed by atoms with Crippen molar-refractivity contribution in [2.24, 2.45) is 5.92 Å². The number of phenolic OH excluding ortho intramolecular Hbond substituents is 1. The van der Waals surface area contributed by atoms with Crippen LogP contribution < -0.4 is 5.32 Å². The Bertz CT molecular complexity index is 502. The fraction of sp³-hybridized carbons (Fsp3) is 0.385. The molecule has 0 aromatic heterocycles. The number of benzene rings is 1. The molecule has 0 bridgehead atoms. The van der Waals surface area contributed by atoms with Crippen LogP contribution in [-0.4, -0.2) is 39.8 Å². The molecule has 1 aliphatic heterocycles. The van der Waals surface area contributed by atoms with Crippen molar-refractivity contribution in [1.82, 2.24) is 5.32 Å². The molecule has 1 heterocycles. The lowest BCUT2D eigenvalue weighted by Gasteiger charge is -2.21. The highest BCUT2D eigenvalue weighted by Gasteiger charge is 2.42. The molecule has 0 aliphatic carbocycles. The van der Waals surface area contributed by atoms with Crippen molar-refractivity contribution in [3.63, 3.8) is 0 Å². The maximum absolute atomic E-state index is 11.1. The van der Waals surface area contributed by atoms with Crippen molar-refractivity contribution in [1.29, 1.82) is 0 Å². The first-order chi connectivity index (χ1) is 9.00. The Kier molecular flexibility index (Phi) is 3.71. The van der Waals surface area contributed by atoms with Crippen LogP contribution in [0, 0.1) is 5.92 Å². The Morgan fingerprint density at radius 1 is 1.26 bits per heavy atom. The third-order valence-electron chi connectivity index (χ3n) is 3.52. The van der Waals surface area contributed by atoms with Gasteiger partial charge in [0.1, 0.15) is 11.8 Å². The first-order valence-electron chi connectivity index (χ1n) is 5.96. The summed E-state index contributed by atoms with van der Waals surface area (Å²) in [4.78, 5) is 22.0. The summed E-state index contributed by atoms with van der Waals surface area (Å²) in [7, 11) is 0. The zero-order chi connectivity index (χ0) is 14.0. The third-order valence-corrected chi connectivity index (χ3v) is 3.52. The molecule has 0 unspecified atom stereocenters. The number of hydrogen-bond donors (Lipinski definition) is 4. The minimum atomic E-state index is -1.07. The van der Waals surface area contributed by atoms with Gasteiger partial charge < -0.3 is 20.6 Å². The number of rotatable bonds is 4. The molecule has 19 heavy (non-hydrogen) atoms. The van der Waals surface area contributed by atoms with Gasteiger partial charge in [0.2, 0.25) is 0 Å². The minimum Gasteiger partial charge on any atom is -0.508 e. The van der Waals surface area contributed by atoms with E-state index in [0.717, 1.165) is 0 Å². The summed E-state index contributed by atoms with van der Waals surface area (Å²) in [6.07, 6.45) is -0.247. The molecular formula is C13H15NO5. The molecule has 0 amide bonds. The van der Waals surface area contributed by atoms with Gasteiger partial charge in [-0.3, -0.25) is 9.59 Å². The van der Waals surface area contributed by atoms with Crippen LogP contribution in [0.5, 0.6) is 5.75 Å². The molecule has 1 aromatic rings. The number of nitrogens with one attached hydrogen (secondary N) is 1. The van der Waals surface area contributed by atoms with Crippen LogP contribution in [0.25, 0.3) is 0 Å². The number of phenols is 1. The second-order valence-corrected chi connectivity index (χ2v) is 4.65. The lowest BCUT2D eigenvalue weighted by molar-refractivity contribution is -0.142. The van der Waals surface area contributed by atoms with Crippen LogP contribution in [0.3, 0.4) is 0 Å². The Hall–Kier alpha value is -2.08. The maximum atomic E-state index is 11.1. The Labute approximate surface area is 109 Å². The second-order valence-electron chi connectivity index (χ2n) is 4.65. The summed E-state index contributed by atoms with van der Waals surface area (Å²) in [5.41, 5.74) is 0.588. The number of aromatic hydroxyl groups is 1. The minimum absolute atomic E-state index is 0.0655. The average Bonchev–Trinajstić information content (AvgIpc) is 2.72. The van der Waals surface area contributed by atoms with Crippen LogP contribution in [0.15, 0.2) is 24.3 Å². The van der Waals surface area contributed by atoms with Crippen molar-refractivity contribution in [3.8, 4) is 5.75 Å². The molecule has 102 valence electrons. The molecule has 6 heteroatoms. The van der Waals surface area contributed by atoms with Crippen LogP contribution in [-0.2, 0) is 9.59 Å². The van der Waals surface area contributed by atoms with Gasteiger partial charge in [0, 0.05) is 18.4 Å². The van der Waals surface area contributed by atoms with Gasteiger partial charge in [-0.05, 0) is 11.6 Å². The van der Waals surface area contributed by atoms with E-state index in [9.17, 15) is 14.7 Å². The first kappa shape index (κ1) is 13.4. The van der Waals surface area contributed by atoms with Gasteiger partial charge in [0.15, 0.2) is 0 Å². The highest BCUT2D eigenvalue weighted by molar-refractivity contribution is 5.77. The van der Waals surface area contributed by atoms with E-state index >= 15 is 0 Å². The fourth-order valence-corrected chi connectivity index (χ4v) is 2.66. The predicted molar refractivity (Wildman–Crippen MR) is 66.0 cm³/mol. The van der Waals surface area contributed by atoms with E-state index in [0.29, 0.717) is 12.1 Å². The maximum Gasteiger partial charge on any atom is 0.321 e. The molecular weight excluding hydrogens is 250 g/mol. The Balaban J connectivity index is 2.31. The number of carboxylic acid groups (broad SMARTS) is 2. The lowest BCUT2D eigenvalue weighted by Crippen LogP contribution is -2.36. The SMILES string of the molecule is O=C(O)C[C@@H]1[C@H](C(=O)O)NC[C@H]1c1ccccc1O. The topological polar surface area (TPSA) is 107 Å². The van der Waals surface area contributed by atoms with E-state index in [1.807, 2.05) is 0 Å². The number of carboxylic acids is 2. The third kappa shape index (κ3) is 2.68. The predicted octanol–water partition coefficient (Wildman–Crippen LogP) is 0.623. The standard InChI is InChI=1S/C13H15NO5/c15-10-4-2-1-3-7(10)9-6-14-12(13(18)19)8(9)5-11(16)17/h1-4,8-9,12,14-15H,5-6H2,(H,16,17)(H,18,19)/t8-,9-,12+/m0/s1. The van der Waals surface area contributed by atoms with E-state index in [1.54, 1.807) is 18.2 Å². The van der Waals surface area contributed by atoms with Crippen LogP contribution in [0.1, 0.15) is 17.9 Å². The molecule has 0 saturated carbocycles. The highest BCUT2D eigenvalue weighted by Crippen LogP contribution is 2.38.